The normalized spacial score (nSPS) is 14.9. The average Bonchev–Trinajstić information content (AvgIpc) is 2.65. The molecule has 1 amide bonds. The summed E-state index contributed by atoms with van der Waals surface area (Å²) in [5.41, 5.74) is 3.02. The van der Waals surface area contributed by atoms with Crippen LogP contribution in [0.2, 0.25) is 0 Å². The Balaban J connectivity index is 1.50. The average molecular weight is 432 g/mol. The van der Waals surface area contributed by atoms with E-state index in [-0.39, 0.29) is 5.91 Å². The van der Waals surface area contributed by atoms with Crippen molar-refractivity contribution in [3.8, 4) is 0 Å². The lowest BCUT2D eigenvalue weighted by Gasteiger charge is -2.36. The zero-order valence-electron chi connectivity index (χ0n) is 14.7. The number of rotatable bonds is 3. The van der Waals surface area contributed by atoms with Gasteiger partial charge in [-0.25, -0.2) is 0 Å². The molecule has 0 unspecified atom stereocenters. The molecule has 0 aliphatic carbocycles. The summed E-state index contributed by atoms with van der Waals surface area (Å²) in [6.45, 7) is 6.45. The van der Waals surface area contributed by atoms with Gasteiger partial charge in [-0.3, -0.25) is 15.0 Å². The van der Waals surface area contributed by atoms with Gasteiger partial charge >= 0.3 is 0 Å². The van der Waals surface area contributed by atoms with Crippen LogP contribution in [0.1, 0.15) is 21.5 Å². The Morgan fingerprint density at radius 2 is 1.81 bits per heavy atom. The van der Waals surface area contributed by atoms with Gasteiger partial charge in [0.25, 0.3) is 5.91 Å². The van der Waals surface area contributed by atoms with Crippen LogP contribution in [0.5, 0.6) is 0 Å². The van der Waals surface area contributed by atoms with Crippen molar-refractivity contribution in [1.82, 2.24) is 15.1 Å². The van der Waals surface area contributed by atoms with E-state index in [2.05, 4.69) is 55.3 Å². The van der Waals surface area contributed by atoms with Gasteiger partial charge in [0.1, 0.15) is 0 Å². The maximum absolute atomic E-state index is 12.4. The number of thiocarbonyl (C=S) groups is 1. The summed E-state index contributed by atoms with van der Waals surface area (Å²) in [4.78, 5) is 16.9. The first-order valence-corrected chi connectivity index (χ1v) is 9.86. The quantitative estimate of drug-likeness (QED) is 0.753. The smallest absolute Gasteiger partial charge is 0.257 e. The Hall–Kier alpha value is -1.76. The van der Waals surface area contributed by atoms with E-state index >= 15 is 0 Å². The summed E-state index contributed by atoms with van der Waals surface area (Å²) in [7, 11) is 0. The van der Waals surface area contributed by atoms with Gasteiger partial charge in [0.2, 0.25) is 0 Å². The maximum Gasteiger partial charge on any atom is 0.257 e. The largest absolute Gasteiger partial charge is 0.346 e. The van der Waals surface area contributed by atoms with Crippen LogP contribution in [0.4, 0.5) is 0 Å². The van der Waals surface area contributed by atoms with Gasteiger partial charge in [0, 0.05) is 42.8 Å². The predicted molar refractivity (Wildman–Crippen MR) is 112 cm³/mol. The zero-order chi connectivity index (χ0) is 18.5. The number of halogens is 1. The predicted octanol–water partition coefficient (Wildman–Crippen LogP) is 3.59. The Morgan fingerprint density at radius 3 is 2.46 bits per heavy atom. The van der Waals surface area contributed by atoms with Crippen molar-refractivity contribution in [1.29, 1.82) is 0 Å². The second kappa shape index (κ2) is 8.75. The minimum atomic E-state index is -0.164. The molecule has 6 heteroatoms. The van der Waals surface area contributed by atoms with E-state index in [0.29, 0.717) is 10.7 Å². The molecule has 1 saturated heterocycles. The molecule has 3 rings (SSSR count). The number of nitrogens with zero attached hydrogens (tertiary/aromatic N) is 2. The van der Waals surface area contributed by atoms with Crippen LogP contribution in [0.25, 0.3) is 0 Å². The summed E-state index contributed by atoms with van der Waals surface area (Å²) < 4.78 is 0.922. The topological polar surface area (TPSA) is 35.6 Å². The molecular formula is C20H22BrN3OS. The molecule has 0 spiro atoms. The molecule has 136 valence electrons. The molecule has 0 saturated carbocycles. The SMILES string of the molecule is Cc1ccc(C(=O)NC(=S)N2CCN(Cc3ccccc3)CC2)cc1Br. The Bertz CT molecular complexity index is 789. The Kier molecular flexibility index (Phi) is 6.40. The van der Waals surface area contributed by atoms with E-state index in [1.165, 1.54) is 5.56 Å². The molecule has 4 nitrogen and oxygen atoms in total. The third-order valence-electron chi connectivity index (χ3n) is 4.56. The first-order valence-electron chi connectivity index (χ1n) is 8.65. The van der Waals surface area contributed by atoms with E-state index in [9.17, 15) is 4.79 Å². The summed E-state index contributed by atoms with van der Waals surface area (Å²) in [6.07, 6.45) is 0. The number of carbonyl (C=O) groups excluding carboxylic acids is 1. The van der Waals surface area contributed by atoms with Crippen molar-refractivity contribution in [2.45, 2.75) is 13.5 Å². The van der Waals surface area contributed by atoms with E-state index in [0.717, 1.165) is 42.8 Å². The lowest BCUT2D eigenvalue weighted by molar-refractivity contribution is 0.0969. The number of piperazine rings is 1. The zero-order valence-corrected chi connectivity index (χ0v) is 17.1. The molecule has 1 N–H and O–H groups in total. The minimum Gasteiger partial charge on any atom is -0.346 e. The van der Waals surface area contributed by atoms with Crippen molar-refractivity contribution >= 4 is 39.2 Å². The third-order valence-corrected chi connectivity index (χ3v) is 5.78. The lowest BCUT2D eigenvalue weighted by atomic mass is 10.1. The van der Waals surface area contributed by atoms with E-state index < -0.39 is 0 Å². The number of carbonyl (C=O) groups is 1. The lowest BCUT2D eigenvalue weighted by Crippen LogP contribution is -2.52. The summed E-state index contributed by atoms with van der Waals surface area (Å²) in [5.74, 6) is -0.164. The highest BCUT2D eigenvalue weighted by molar-refractivity contribution is 9.10. The van der Waals surface area contributed by atoms with Crippen molar-refractivity contribution in [3.05, 3.63) is 69.7 Å². The number of aryl methyl sites for hydroxylation is 1. The molecule has 0 bridgehead atoms. The van der Waals surface area contributed by atoms with Crippen LogP contribution in [0, 0.1) is 6.92 Å². The number of hydrogen-bond acceptors (Lipinski definition) is 3. The molecule has 26 heavy (non-hydrogen) atoms. The molecule has 2 aromatic rings. The van der Waals surface area contributed by atoms with Gasteiger partial charge in [0.15, 0.2) is 5.11 Å². The highest BCUT2D eigenvalue weighted by atomic mass is 79.9. The van der Waals surface area contributed by atoms with Gasteiger partial charge in [-0.2, -0.15) is 0 Å². The fourth-order valence-electron chi connectivity index (χ4n) is 2.93. The monoisotopic (exact) mass is 431 g/mol. The van der Waals surface area contributed by atoms with Crippen LogP contribution in [-0.4, -0.2) is 47.0 Å². The van der Waals surface area contributed by atoms with Crippen LogP contribution in [0.3, 0.4) is 0 Å². The van der Waals surface area contributed by atoms with E-state index in [4.69, 9.17) is 12.2 Å². The fourth-order valence-corrected chi connectivity index (χ4v) is 3.59. The molecule has 2 aromatic carbocycles. The Morgan fingerprint density at radius 1 is 1.12 bits per heavy atom. The molecular weight excluding hydrogens is 410 g/mol. The standard InChI is InChI=1S/C20H22BrN3OS/c1-15-7-8-17(13-18(15)21)19(25)22-20(26)24-11-9-23(10-12-24)14-16-5-3-2-4-6-16/h2-8,13H,9-12,14H2,1H3,(H,22,25,26). The number of benzene rings is 2. The van der Waals surface area contributed by atoms with Gasteiger partial charge in [-0.05, 0) is 42.4 Å². The van der Waals surface area contributed by atoms with Crippen molar-refractivity contribution < 1.29 is 4.79 Å². The van der Waals surface area contributed by atoms with Gasteiger partial charge in [-0.15, -0.1) is 0 Å². The van der Waals surface area contributed by atoms with Crippen molar-refractivity contribution in [2.24, 2.45) is 0 Å². The summed E-state index contributed by atoms with van der Waals surface area (Å²) in [6, 6.07) is 16.0. The van der Waals surface area contributed by atoms with E-state index in [1.807, 2.05) is 31.2 Å². The van der Waals surface area contributed by atoms with Crippen LogP contribution in [0.15, 0.2) is 53.0 Å². The van der Waals surface area contributed by atoms with Crippen molar-refractivity contribution in [3.63, 3.8) is 0 Å². The maximum atomic E-state index is 12.4. The highest BCUT2D eigenvalue weighted by Gasteiger charge is 2.20. The van der Waals surface area contributed by atoms with Crippen molar-refractivity contribution in [2.75, 3.05) is 26.2 Å². The van der Waals surface area contributed by atoms with Crippen LogP contribution < -0.4 is 5.32 Å². The number of nitrogens with one attached hydrogen (secondary N) is 1. The molecule has 1 heterocycles. The molecule has 1 aliphatic rings. The number of amides is 1. The first-order chi connectivity index (χ1) is 12.5. The van der Waals surface area contributed by atoms with Gasteiger partial charge in [0.05, 0.1) is 0 Å². The highest BCUT2D eigenvalue weighted by Crippen LogP contribution is 2.17. The number of hydrogen-bond donors (Lipinski definition) is 1. The third kappa shape index (κ3) is 4.90. The minimum absolute atomic E-state index is 0.164. The molecule has 0 radical (unpaired) electrons. The second-order valence-electron chi connectivity index (χ2n) is 6.47. The molecule has 0 atom stereocenters. The molecule has 1 fully saturated rings. The Labute approximate surface area is 168 Å². The molecule has 1 aliphatic heterocycles. The van der Waals surface area contributed by atoms with Gasteiger partial charge in [-0.1, -0.05) is 52.3 Å². The molecule has 0 aromatic heterocycles. The summed E-state index contributed by atoms with van der Waals surface area (Å²) in [5, 5.41) is 3.36. The first kappa shape index (κ1) is 19.0. The van der Waals surface area contributed by atoms with E-state index in [1.54, 1.807) is 0 Å². The fraction of sp³-hybridized carbons (Fsp3) is 0.300. The second-order valence-corrected chi connectivity index (χ2v) is 7.71. The van der Waals surface area contributed by atoms with Crippen LogP contribution >= 0.6 is 28.1 Å². The van der Waals surface area contributed by atoms with Gasteiger partial charge < -0.3 is 4.90 Å². The summed E-state index contributed by atoms with van der Waals surface area (Å²) >= 11 is 8.90. The van der Waals surface area contributed by atoms with Crippen LogP contribution in [-0.2, 0) is 6.54 Å².